The molecule has 0 fully saturated rings. The summed E-state index contributed by atoms with van der Waals surface area (Å²) >= 11 is 1.51. The predicted molar refractivity (Wildman–Crippen MR) is 109 cm³/mol. The van der Waals surface area contributed by atoms with Crippen LogP contribution in [0.1, 0.15) is 50.9 Å². The van der Waals surface area contributed by atoms with Crippen molar-refractivity contribution in [3.05, 3.63) is 64.0 Å². The standard InChI is InChI=1S/C22H21NO3S/c1-2-26-22(25)19-17-11-5-6-13-18(17)27-21(19)23-20(24)16-12-7-9-14-8-3-4-10-15(14)16/h3-4,7-10,12H,2,5-6,11,13H2,1H3,(H,23,24). The summed E-state index contributed by atoms with van der Waals surface area (Å²) < 4.78 is 5.27. The number of esters is 1. The summed E-state index contributed by atoms with van der Waals surface area (Å²) in [7, 11) is 0. The van der Waals surface area contributed by atoms with Gasteiger partial charge in [0.05, 0.1) is 12.2 Å². The molecule has 1 aliphatic carbocycles. The molecule has 0 unspecified atom stereocenters. The number of rotatable bonds is 4. The van der Waals surface area contributed by atoms with Crippen LogP contribution in [0.4, 0.5) is 5.00 Å². The maximum Gasteiger partial charge on any atom is 0.341 e. The first-order valence-electron chi connectivity index (χ1n) is 9.29. The second kappa shape index (κ2) is 7.53. The van der Waals surface area contributed by atoms with Crippen LogP contribution in [0.5, 0.6) is 0 Å². The van der Waals surface area contributed by atoms with E-state index < -0.39 is 0 Å². The van der Waals surface area contributed by atoms with Gasteiger partial charge in [-0.25, -0.2) is 4.79 Å². The van der Waals surface area contributed by atoms with Crippen LogP contribution in [0.3, 0.4) is 0 Å². The molecule has 0 radical (unpaired) electrons. The number of hydrogen-bond acceptors (Lipinski definition) is 4. The third-order valence-corrected chi connectivity index (χ3v) is 6.12. The highest BCUT2D eigenvalue weighted by Gasteiger charge is 2.27. The second-order valence-corrected chi connectivity index (χ2v) is 7.72. The number of carbonyl (C=O) groups is 2. The molecular weight excluding hydrogens is 358 g/mol. The maximum atomic E-state index is 13.0. The fourth-order valence-electron chi connectivity index (χ4n) is 3.67. The minimum absolute atomic E-state index is 0.198. The summed E-state index contributed by atoms with van der Waals surface area (Å²) in [4.78, 5) is 26.8. The van der Waals surface area contributed by atoms with Crippen molar-refractivity contribution >= 4 is 39.0 Å². The number of amides is 1. The molecule has 27 heavy (non-hydrogen) atoms. The first kappa shape index (κ1) is 17.7. The molecule has 1 N–H and O–H groups in total. The molecule has 1 aliphatic rings. The average molecular weight is 379 g/mol. The van der Waals surface area contributed by atoms with Gasteiger partial charge in [-0.15, -0.1) is 11.3 Å². The molecule has 0 aliphatic heterocycles. The molecule has 1 amide bonds. The highest BCUT2D eigenvalue weighted by atomic mass is 32.1. The summed E-state index contributed by atoms with van der Waals surface area (Å²) in [6.45, 7) is 2.12. The zero-order valence-corrected chi connectivity index (χ0v) is 16.0. The Balaban J connectivity index is 1.72. The summed E-state index contributed by atoms with van der Waals surface area (Å²) in [5, 5.41) is 5.52. The number of nitrogens with one attached hydrogen (secondary N) is 1. The molecule has 1 heterocycles. The third-order valence-electron chi connectivity index (χ3n) is 4.91. The van der Waals surface area contributed by atoms with Crippen molar-refractivity contribution in [3.8, 4) is 0 Å². The molecule has 0 saturated carbocycles. The minimum Gasteiger partial charge on any atom is -0.462 e. The van der Waals surface area contributed by atoms with Gasteiger partial charge in [-0.2, -0.15) is 0 Å². The SMILES string of the molecule is CCOC(=O)c1c(NC(=O)c2cccc3ccccc23)sc2c1CCCC2. The Morgan fingerprint density at radius 3 is 2.70 bits per heavy atom. The van der Waals surface area contributed by atoms with E-state index in [0.717, 1.165) is 42.0 Å². The Kier molecular flexibility index (Phi) is 4.94. The van der Waals surface area contributed by atoms with E-state index in [1.807, 2.05) is 42.5 Å². The number of carbonyl (C=O) groups excluding carboxylic acids is 2. The van der Waals surface area contributed by atoms with Gasteiger partial charge in [0.2, 0.25) is 0 Å². The molecule has 0 atom stereocenters. The van der Waals surface area contributed by atoms with E-state index in [9.17, 15) is 9.59 Å². The number of fused-ring (bicyclic) bond motifs is 2. The van der Waals surface area contributed by atoms with Crippen LogP contribution in [0.25, 0.3) is 10.8 Å². The van der Waals surface area contributed by atoms with Gasteiger partial charge in [-0.1, -0.05) is 36.4 Å². The molecule has 0 bridgehead atoms. The van der Waals surface area contributed by atoms with Crippen LogP contribution in [0.15, 0.2) is 42.5 Å². The first-order valence-corrected chi connectivity index (χ1v) is 10.1. The molecule has 0 saturated heterocycles. The number of hydrogen-bond donors (Lipinski definition) is 1. The van der Waals surface area contributed by atoms with Crippen LogP contribution in [-0.2, 0) is 17.6 Å². The summed E-state index contributed by atoms with van der Waals surface area (Å²) in [5.74, 6) is -0.541. The lowest BCUT2D eigenvalue weighted by atomic mass is 9.95. The van der Waals surface area contributed by atoms with Crippen molar-refractivity contribution in [1.29, 1.82) is 0 Å². The molecule has 4 rings (SSSR count). The van der Waals surface area contributed by atoms with Gasteiger partial charge < -0.3 is 10.1 Å². The van der Waals surface area contributed by atoms with Crippen LogP contribution in [0.2, 0.25) is 0 Å². The summed E-state index contributed by atoms with van der Waals surface area (Å²) in [5.41, 5.74) is 2.21. The van der Waals surface area contributed by atoms with E-state index >= 15 is 0 Å². The van der Waals surface area contributed by atoms with Crippen molar-refractivity contribution in [2.24, 2.45) is 0 Å². The van der Waals surface area contributed by atoms with E-state index in [2.05, 4.69) is 5.32 Å². The fourth-order valence-corrected chi connectivity index (χ4v) is 4.94. The van der Waals surface area contributed by atoms with Crippen LogP contribution in [-0.4, -0.2) is 18.5 Å². The molecular formula is C22H21NO3S. The number of anilines is 1. The molecule has 5 heteroatoms. The Morgan fingerprint density at radius 1 is 1.07 bits per heavy atom. The smallest absolute Gasteiger partial charge is 0.341 e. The zero-order valence-electron chi connectivity index (χ0n) is 15.2. The largest absolute Gasteiger partial charge is 0.462 e. The molecule has 1 aromatic heterocycles. The quantitative estimate of drug-likeness (QED) is 0.633. The highest BCUT2D eigenvalue weighted by molar-refractivity contribution is 7.17. The molecule has 3 aromatic rings. The Morgan fingerprint density at radius 2 is 1.85 bits per heavy atom. The molecule has 4 nitrogen and oxygen atoms in total. The number of thiophene rings is 1. The Hall–Kier alpha value is -2.66. The summed E-state index contributed by atoms with van der Waals surface area (Å²) in [6, 6.07) is 13.5. The van der Waals surface area contributed by atoms with Gasteiger partial charge in [-0.3, -0.25) is 4.79 Å². The summed E-state index contributed by atoms with van der Waals surface area (Å²) in [6.07, 6.45) is 4.00. The second-order valence-electron chi connectivity index (χ2n) is 6.62. The number of benzene rings is 2. The fraction of sp³-hybridized carbons (Fsp3) is 0.273. The van der Waals surface area contributed by atoms with Crippen molar-refractivity contribution in [2.45, 2.75) is 32.6 Å². The van der Waals surface area contributed by atoms with E-state index in [4.69, 9.17) is 4.74 Å². The van der Waals surface area contributed by atoms with Crippen LogP contribution < -0.4 is 5.32 Å². The topological polar surface area (TPSA) is 55.4 Å². The van der Waals surface area contributed by atoms with Crippen molar-refractivity contribution < 1.29 is 14.3 Å². The average Bonchev–Trinajstić information content (AvgIpc) is 3.05. The van der Waals surface area contributed by atoms with Gasteiger partial charge in [0.15, 0.2) is 0 Å². The normalized spacial score (nSPS) is 13.2. The molecule has 0 spiro atoms. The van der Waals surface area contributed by atoms with E-state index in [1.54, 1.807) is 6.92 Å². The first-order chi connectivity index (χ1) is 13.2. The van der Waals surface area contributed by atoms with E-state index in [-0.39, 0.29) is 11.9 Å². The zero-order chi connectivity index (χ0) is 18.8. The predicted octanol–water partition coefficient (Wildman–Crippen LogP) is 5.21. The molecule has 138 valence electrons. The third kappa shape index (κ3) is 3.35. The lowest BCUT2D eigenvalue weighted by Crippen LogP contribution is -2.16. The van der Waals surface area contributed by atoms with Crippen LogP contribution in [0, 0.1) is 0 Å². The lowest BCUT2D eigenvalue weighted by molar-refractivity contribution is 0.0526. The number of aryl methyl sites for hydroxylation is 1. The highest BCUT2D eigenvalue weighted by Crippen LogP contribution is 2.39. The minimum atomic E-state index is -0.342. The van der Waals surface area contributed by atoms with Gasteiger partial charge in [0, 0.05) is 10.4 Å². The number of ether oxygens (including phenoxy) is 1. The maximum absolute atomic E-state index is 13.0. The van der Waals surface area contributed by atoms with E-state index in [0.29, 0.717) is 22.7 Å². The van der Waals surface area contributed by atoms with Crippen LogP contribution >= 0.6 is 11.3 Å². The van der Waals surface area contributed by atoms with Crippen molar-refractivity contribution in [1.82, 2.24) is 0 Å². The van der Waals surface area contributed by atoms with Gasteiger partial charge in [-0.05, 0) is 55.0 Å². The van der Waals surface area contributed by atoms with Crippen molar-refractivity contribution in [2.75, 3.05) is 11.9 Å². The van der Waals surface area contributed by atoms with Gasteiger partial charge in [0.25, 0.3) is 5.91 Å². The molecule has 2 aromatic carbocycles. The Labute approximate surface area is 162 Å². The van der Waals surface area contributed by atoms with Gasteiger partial charge >= 0.3 is 5.97 Å². The van der Waals surface area contributed by atoms with Crippen molar-refractivity contribution in [3.63, 3.8) is 0 Å². The monoisotopic (exact) mass is 379 g/mol. The van der Waals surface area contributed by atoms with E-state index in [1.165, 1.54) is 16.2 Å². The lowest BCUT2D eigenvalue weighted by Gasteiger charge is -2.12. The van der Waals surface area contributed by atoms with Gasteiger partial charge in [0.1, 0.15) is 5.00 Å². The Bertz CT molecular complexity index is 1020.